The quantitative estimate of drug-likeness (QED) is 0.868. The van der Waals surface area contributed by atoms with Gasteiger partial charge in [-0.1, -0.05) is 13.0 Å². The standard InChI is InChI=1S/C22H31N3O3/c1-5-25-21(26)24-14-16-12-17(27-3)13-19(28-4)18(16)10-15(2)11-20(24)22(25)6-8-23-9-7-22/h11-13,15,23H,5-10,14H2,1-4H3/b20-11-/t15-/m1/s1. The second-order valence-corrected chi connectivity index (χ2v) is 8.10. The zero-order chi connectivity index (χ0) is 19.9. The van der Waals surface area contributed by atoms with Gasteiger partial charge in [0.15, 0.2) is 0 Å². The van der Waals surface area contributed by atoms with Crippen LogP contribution in [-0.2, 0) is 13.0 Å². The molecule has 0 unspecified atom stereocenters. The van der Waals surface area contributed by atoms with Gasteiger partial charge in [-0.05, 0) is 62.4 Å². The normalized spacial score (nSPS) is 25.5. The second-order valence-electron chi connectivity index (χ2n) is 8.10. The number of piperidine rings is 1. The minimum Gasteiger partial charge on any atom is -0.497 e. The van der Waals surface area contributed by atoms with Crippen molar-refractivity contribution in [2.75, 3.05) is 33.9 Å². The lowest BCUT2D eigenvalue weighted by Gasteiger charge is -2.41. The van der Waals surface area contributed by atoms with Crippen molar-refractivity contribution in [2.45, 2.75) is 45.2 Å². The molecule has 4 rings (SSSR count). The lowest BCUT2D eigenvalue weighted by atomic mass is 9.81. The molecule has 0 saturated carbocycles. The van der Waals surface area contributed by atoms with Gasteiger partial charge in [0, 0.05) is 18.3 Å². The number of urea groups is 1. The third-order valence-electron chi connectivity index (χ3n) is 6.52. The van der Waals surface area contributed by atoms with Crippen LogP contribution in [0.15, 0.2) is 23.9 Å². The fraction of sp³-hybridized carbons (Fsp3) is 0.591. The minimum atomic E-state index is -0.175. The van der Waals surface area contributed by atoms with E-state index in [1.807, 2.05) is 11.0 Å². The Kier molecular flexibility index (Phi) is 5.00. The number of carbonyl (C=O) groups is 1. The molecule has 1 spiro atoms. The molecule has 1 aromatic rings. The first-order valence-corrected chi connectivity index (χ1v) is 10.3. The molecule has 3 aliphatic heterocycles. The highest BCUT2D eigenvalue weighted by atomic mass is 16.5. The maximum Gasteiger partial charge on any atom is 0.325 e. The topological polar surface area (TPSA) is 54.0 Å². The van der Waals surface area contributed by atoms with Gasteiger partial charge < -0.3 is 19.7 Å². The third-order valence-corrected chi connectivity index (χ3v) is 6.52. The van der Waals surface area contributed by atoms with Crippen LogP contribution in [0.5, 0.6) is 11.5 Å². The van der Waals surface area contributed by atoms with Crippen LogP contribution in [0.2, 0.25) is 0 Å². The summed E-state index contributed by atoms with van der Waals surface area (Å²) in [6.07, 6.45) is 5.17. The molecule has 0 radical (unpaired) electrons. The maximum absolute atomic E-state index is 13.5. The molecule has 1 aromatic carbocycles. The van der Waals surface area contributed by atoms with Crippen molar-refractivity contribution in [3.63, 3.8) is 0 Å². The van der Waals surface area contributed by atoms with Crippen LogP contribution in [0, 0.1) is 5.92 Å². The molecular formula is C22H31N3O3. The smallest absolute Gasteiger partial charge is 0.325 e. The number of nitrogens with zero attached hydrogens (tertiary/aromatic N) is 2. The van der Waals surface area contributed by atoms with Gasteiger partial charge in [0.05, 0.1) is 26.3 Å². The van der Waals surface area contributed by atoms with Crippen LogP contribution >= 0.6 is 0 Å². The number of allylic oxidation sites excluding steroid dienone is 1. The summed E-state index contributed by atoms with van der Waals surface area (Å²) < 4.78 is 11.2. The zero-order valence-electron chi connectivity index (χ0n) is 17.4. The molecule has 0 bridgehead atoms. The minimum absolute atomic E-state index is 0.123. The molecule has 6 heteroatoms. The second kappa shape index (κ2) is 7.32. The van der Waals surface area contributed by atoms with Crippen molar-refractivity contribution in [2.24, 2.45) is 5.92 Å². The average Bonchev–Trinajstić information content (AvgIpc) is 2.89. The summed E-state index contributed by atoms with van der Waals surface area (Å²) in [5.41, 5.74) is 3.31. The molecule has 2 fully saturated rings. The third kappa shape index (κ3) is 2.85. The molecule has 0 aliphatic carbocycles. The number of ether oxygens (including phenoxy) is 2. The van der Waals surface area contributed by atoms with Gasteiger partial charge in [-0.25, -0.2) is 4.79 Å². The van der Waals surface area contributed by atoms with Crippen molar-refractivity contribution in [1.29, 1.82) is 0 Å². The Bertz CT molecular complexity index is 798. The summed E-state index contributed by atoms with van der Waals surface area (Å²) in [7, 11) is 3.37. The Morgan fingerprint density at radius 1 is 1.21 bits per heavy atom. The fourth-order valence-electron chi connectivity index (χ4n) is 5.19. The number of rotatable bonds is 3. The van der Waals surface area contributed by atoms with Crippen LogP contribution in [0.25, 0.3) is 0 Å². The number of methoxy groups -OCH3 is 2. The Hall–Kier alpha value is -2.21. The van der Waals surface area contributed by atoms with E-state index in [0.717, 1.165) is 56.0 Å². The van der Waals surface area contributed by atoms with Gasteiger partial charge in [0.2, 0.25) is 0 Å². The average molecular weight is 386 g/mol. The van der Waals surface area contributed by atoms with E-state index >= 15 is 0 Å². The van der Waals surface area contributed by atoms with E-state index in [9.17, 15) is 4.79 Å². The highest BCUT2D eigenvalue weighted by molar-refractivity contribution is 5.82. The summed E-state index contributed by atoms with van der Waals surface area (Å²) in [5.74, 6) is 1.92. The van der Waals surface area contributed by atoms with E-state index in [1.54, 1.807) is 14.2 Å². The van der Waals surface area contributed by atoms with Crippen molar-refractivity contribution >= 4 is 6.03 Å². The Morgan fingerprint density at radius 2 is 1.96 bits per heavy atom. The van der Waals surface area contributed by atoms with Crippen LogP contribution in [0.1, 0.15) is 37.8 Å². The highest BCUT2D eigenvalue weighted by Gasteiger charge is 2.53. The number of amides is 2. The molecule has 2 saturated heterocycles. The maximum atomic E-state index is 13.5. The van der Waals surface area contributed by atoms with Crippen LogP contribution in [0.4, 0.5) is 4.79 Å². The van der Waals surface area contributed by atoms with E-state index in [2.05, 4.69) is 36.2 Å². The van der Waals surface area contributed by atoms with Crippen LogP contribution in [0.3, 0.4) is 0 Å². The van der Waals surface area contributed by atoms with Gasteiger partial charge in [-0.2, -0.15) is 0 Å². The molecule has 1 atom stereocenters. The van der Waals surface area contributed by atoms with E-state index < -0.39 is 0 Å². The molecule has 2 amide bonds. The Morgan fingerprint density at radius 3 is 2.61 bits per heavy atom. The number of fused-ring (bicyclic) bond motifs is 3. The summed E-state index contributed by atoms with van der Waals surface area (Å²) in [6.45, 7) is 7.51. The summed E-state index contributed by atoms with van der Waals surface area (Å²) in [4.78, 5) is 17.6. The molecule has 152 valence electrons. The fourth-order valence-corrected chi connectivity index (χ4v) is 5.19. The Balaban J connectivity index is 1.83. The van der Waals surface area contributed by atoms with Crippen LogP contribution in [-0.4, -0.2) is 55.2 Å². The zero-order valence-corrected chi connectivity index (χ0v) is 17.4. The Labute approximate surface area is 167 Å². The first-order valence-electron chi connectivity index (χ1n) is 10.3. The number of hydrogen-bond donors (Lipinski definition) is 1. The van der Waals surface area contributed by atoms with E-state index in [4.69, 9.17) is 9.47 Å². The summed E-state index contributed by atoms with van der Waals surface area (Å²) >= 11 is 0. The lowest BCUT2D eigenvalue weighted by Crippen LogP contribution is -2.52. The molecule has 3 aliphatic rings. The molecule has 28 heavy (non-hydrogen) atoms. The van der Waals surface area contributed by atoms with Crippen molar-refractivity contribution < 1.29 is 14.3 Å². The summed E-state index contributed by atoms with van der Waals surface area (Å²) in [5, 5.41) is 3.46. The largest absolute Gasteiger partial charge is 0.497 e. The first kappa shape index (κ1) is 19.1. The van der Waals surface area contributed by atoms with Gasteiger partial charge >= 0.3 is 6.03 Å². The van der Waals surface area contributed by atoms with E-state index in [0.29, 0.717) is 12.5 Å². The van der Waals surface area contributed by atoms with E-state index in [-0.39, 0.29) is 11.6 Å². The van der Waals surface area contributed by atoms with Crippen molar-refractivity contribution in [3.05, 3.63) is 35.0 Å². The predicted octanol–water partition coefficient (Wildman–Crippen LogP) is 3.16. The van der Waals surface area contributed by atoms with E-state index in [1.165, 1.54) is 11.3 Å². The molecule has 6 nitrogen and oxygen atoms in total. The number of carbonyl (C=O) groups excluding carboxylic acids is 1. The number of likely N-dealkylation sites (N-methyl/N-ethyl adjacent to an activating group) is 1. The van der Waals surface area contributed by atoms with Gasteiger partial charge in [-0.15, -0.1) is 0 Å². The first-order chi connectivity index (χ1) is 13.5. The number of hydrogen-bond acceptors (Lipinski definition) is 4. The molecule has 0 aromatic heterocycles. The predicted molar refractivity (Wildman–Crippen MR) is 109 cm³/mol. The monoisotopic (exact) mass is 385 g/mol. The van der Waals surface area contributed by atoms with Gasteiger partial charge in [0.25, 0.3) is 0 Å². The number of nitrogens with one attached hydrogen (secondary N) is 1. The SMILES string of the molecule is CCN1C(=O)N2Cc3cc(OC)cc(OC)c3C[C@@H](C)/C=C\2C12CCNCC2. The van der Waals surface area contributed by atoms with Crippen molar-refractivity contribution in [1.82, 2.24) is 15.1 Å². The van der Waals surface area contributed by atoms with Crippen molar-refractivity contribution in [3.8, 4) is 11.5 Å². The highest BCUT2D eigenvalue weighted by Crippen LogP contribution is 2.46. The molecule has 3 heterocycles. The van der Waals surface area contributed by atoms with Gasteiger partial charge in [0.1, 0.15) is 11.5 Å². The van der Waals surface area contributed by atoms with Crippen LogP contribution < -0.4 is 14.8 Å². The molecule has 1 N–H and O–H groups in total. The van der Waals surface area contributed by atoms with Gasteiger partial charge in [-0.3, -0.25) is 4.90 Å². The lowest BCUT2D eigenvalue weighted by molar-refractivity contribution is 0.141. The number of benzene rings is 1. The summed E-state index contributed by atoms with van der Waals surface area (Å²) in [6, 6.07) is 4.12. The molecular weight excluding hydrogens is 354 g/mol.